The zero-order valence-electron chi connectivity index (χ0n) is 13.5. The first-order chi connectivity index (χ1) is 11.4. The largest absolute Gasteiger partial charge is 0.442 e. The lowest BCUT2D eigenvalue weighted by Crippen LogP contribution is -2.55. The van der Waals surface area contributed by atoms with Crippen LogP contribution in [0.5, 0.6) is 0 Å². The lowest BCUT2D eigenvalue weighted by molar-refractivity contribution is -0.00258. The molecule has 0 radical (unpaired) electrons. The Kier molecular flexibility index (Phi) is 4.24. The Morgan fingerprint density at radius 3 is 2.62 bits per heavy atom. The number of rotatable bonds is 3. The van der Waals surface area contributed by atoms with E-state index in [4.69, 9.17) is 4.74 Å². The van der Waals surface area contributed by atoms with Gasteiger partial charge in [0.25, 0.3) is 5.91 Å². The Morgan fingerprint density at radius 2 is 2.00 bits per heavy atom. The smallest absolute Gasteiger partial charge is 0.412 e. The van der Waals surface area contributed by atoms with Crippen LogP contribution in [-0.4, -0.2) is 40.7 Å². The van der Waals surface area contributed by atoms with E-state index in [0.29, 0.717) is 24.5 Å². The molecule has 1 fully saturated rings. The molecule has 1 aromatic heterocycles. The van der Waals surface area contributed by atoms with Crippen LogP contribution < -0.4 is 5.32 Å². The van der Waals surface area contributed by atoms with Crippen LogP contribution in [0.1, 0.15) is 16.2 Å². The van der Waals surface area contributed by atoms with Gasteiger partial charge >= 0.3 is 6.09 Å². The van der Waals surface area contributed by atoms with Crippen LogP contribution in [-0.2, 0) is 11.8 Å². The van der Waals surface area contributed by atoms with Crippen molar-refractivity contribution in [1.82, 2.24) is 9.47 Å². The summed E-state index contributed by atoms with van der Waals surface area (Å²) in [7, 11) is 1.84. The maximum Gasteiger partial charge on any atom is 0.412 e. The summed E-state index contributed by atoms with van der Waals surface area (Å²) in [6.45, 7) is 2.62. The van der Waals surface area contributed by atoms with Crippen LogP contribution in [0.2, 0.25) is 0 Å². The van der Waals surface area contributed by atoms with Crippen molar-refractivity contribution in [3.05, 3.63) is 53.6 Å². The van der Waals surface area contributed by atoms with E-state index in [1.807, 2.05) is 24.6 Å². The van der Waals surface area contributed by atoms with Crippen molar-refractivity contribution in [1.29, 1.82) is 0 Å². The number of amides is 2. The first-order valence-electron chi connectivity index (χ1n) is 7.59. The first kappa shape index (κ1) is 16.0. The summed E-state index contributed by atoms with van der Waals surface area (Å²) in [5.74, 6) is -0.526. The second kappa shape index (κ2) is 6.35. The molecular weight excluding hydrogens is 313 g/mol. The molecule has 0 unspecified atom stereocenters. The van der Waals surface area contributed by atoms with Gasteiger partial charge in [0.15, 0.2) is 0 Å². The van der Waals surface area contributed by atoms with Crippen LogP contribution >= 0.6 is 0 Å². The fourth-order valence-corrected chi connectivity index (χ4v) is 2.53. The quantitative estimate of drug-likeness (QED) is 0.940. The first-order valence-corrected chi connectivity index (χ1v) is 7.59. The van der Waals surface area contributed by atoms with Crippen LogP contribution in [0, 0.1) is 12.7 Å². The molecule has 2 heterocycles. The highest BCUT2D eigenvalue weighted by atomic mass is 19.1. The Hall–Kier alpha value is -2.83. The molecule has 1 aromatic carbocycles. The molecule has 6 nitrogen and oxygen atoms in total. The lowest BCUT2D eigenvalue weighted by atomic mass is 10.1. The van der Waals surface area contributed by atoms with Crippen molar-refractivity contribution in [2.24, 2.45) is 7.05 Å². The van der Waals surface area contributed by atoms with E-state index in [-0.39, 0.29) is 12.0 Å². The molecule has 0 spiro atoms. The summed E-state index contributed by atoms with van der Waals surface area (Å²) in [5.41, 5.74) is 1.93. The third-order valence-corrected chi connectivity index (χ3v) is 4.07. The molecule has 3 rings (SSSR count). The minimum Gasteiger partial charge on any atom is -0.442 e. The summed E-state index contributed by atoms with van der Waals surface area (Å²) in [6, 6.07) is 9.22. The second-order valence-electron chi connectivity index (χ2n) is 5.79. The van der Waals surface area contributed by atoms with Gasteiger partial charge in [-0.05, 0) is 37.3 Å². The minimum absolute atomic E-state index is 0.0870. The van der Waals surface area contributed by atoms with E-state index in [0.717, 1.165) is 5.69 Å². The average Bonchev–Trinajstić information content (AvgIpc) is 2.82. The second-order valence-corrected chi connectivity index (χ2v) is 5.79. The number of hydrogen-bond donors (Lipinski definition) is 1. The summed E-state index contributed by atoms with van der Waals surface area (Å²) in [5, 5.41) is 2.46. The molecule has 2 aromatic rings. The van der Waals surface area contributed by atoms with E-state index in [1.165, 1.54) is 18.2 Å². The molecule has 2 amide bonds. The maximum absolute atomic E-state index is 13.1. The van der Waals surface area contributed by atoms with Gasteiger partial charge in [0.05, 0.1) is 13.1 Å². The number of nitrogens with one attached hydrogen (secondary N) is 1. The van der Waals surface area contributed by atoms with E-state index in [9.17, 15) is 14.0 Å². The normalized spacial score (nSPS) is 14.2. The number of carbonyl (C=O) groups is 2. The van der Waals surface area contributed by atoms with Gasteiger partial charge in [-0.1, -0.05) is 6.07 Å². The van der Waals surface area contributed by atoms with Gasteiger partial charge in [0.2, 0.25) is 0 Å². The lowest BCUT2D eigenvalue weighted by Gasteiger charge is -2.38. The average molecular weight is 331 g/mol. The number of ether oxygens (including phenoxy) is 1. The number of likely N-dealkylation sites (tertiary alicyclic amines) is 1. The van der Waals surface area contributed by atoms with Crippen molar-refractivity contribution in [2.45, 2.75) is 13.0 Å². The maximum atomic E-state index is 13.1. The van der Waals surface area contributed by atoms with Crippen LogP contribution in [0.4, 0.5) is 14.9 Å². The van der Waals surface area contributed by atoms with Crippen LogP contribution in [0.3, 0.4) is 0 Å². The van der Waals surface area contributed by atoms with Gasteiger partial charge in [0, 0.05) is 18.4 Å². The molecule has 1 saturated heterocycles. The van der Waals surface area contributed by atoms with Gasteiger partial charge in [-0.2, -0.15) is 0 Å². The molecule has 1 aliphatic heterocycles. The number of hydrogen-bond acceptors (Lipinski definition) is 3. The van der Waals surface area contributed by atoms with Crippen molar-refractivity contribution in [3.8, 4) is 0 Å². The van der Waals surface area contributed by atoms with Gasteiger partial charge in [-0.15, -0.1) is 0 Å². The molecule has 0 bridgehead atoms. The minimum atomic E-state index is -0.660. The van der Waals surface area contributed by atoms with Crippen molar-refractivity contribution in [3.63, 3.8) is 0 Å². The number of halogens is 1. The van der Waals surface area contributed by atoms with Gasteiger partial charge in [0.1, 0.15) is 17.6 Å². The molecule has 0 aliphatic carbocycles. The summed E-state index contributed by atoms with van der Waals surface area (Å²) < 4.78 is 20.1. The van der Waals surface area contributed by atoms with E-state index in [1.54, 1.807) is 17.0 Å². The van der Waals surface area contributed by atoms with Gasteiger partial charge < -0.3 is 14.2 Å². The van der Waals surface area contributed by atoms with E-state index >= 15 is 0 Å². The van der Waals surface area contributed by atoms with Gasteiger partial charge in [-0.25, -0.2) is 9.18 Å². The number of aryl methyl sites for hydroxylation is 1. The number of nitrogens with zero attached hydrogens (tertiary/aromatic N) is 2. The summed E-state index contributed by atoms with van der Waals surface area (Å²) in [6.07, 6.45) is -1.02. The predicted molar refractivity (Wildman–Crippen MR) is 86.3 cm³/mol. The fourth-order valence-electron chi connectivity index (χ4n) is 2.53. The van der Waals surface area contributed by atoms with E-state index in [2.05, 4.69) is 5.32 Å². The number of aromatic nitrogens is 1. The molecular formula is C17H18FN3O3. The van der Waals surface area contributed by atoms with Crippen molar-refractivity contribution < 1.29 is 18.7 Å². The topological polar surface area (TPSA) is 63.6 Å². The predicted octanol–water partition coefficient (Wildman–Crippen LogP) is 2.55. The van der Waals surface area contributed by atoms with Crippen LogP contribution in [0.15, 0.2) is 36.4 Å². The fraction of sp³-hybridized carbons (Fsp3) is 0.294. The highest BCUT2D eigenvalue weighted by Gasteiger charge is 2.34. The Balaban J connectivity index is 1.49. The molecule has 0 saturated carbocycles. The van der Waals surface area contributed by atoms with Crippen molar-refractivity contribution in [2.75, 3.05) is 18.4 Å². The third kappa shape index (κ3) is 3.24. The Morgan fingerprint density at radius 1 is 1.25 bits per heavy atom. The van der Waals surface area contributed by atoms with E-state index < -0.39 is 11.9 Å². The SMILES string of the molecule is Cc1ccc(C(=O)N2CC(OC(=O)Nc3cccc(F)c3)C2)n1C. The zero-order valence-corrected chi connectivity index (χ0v) is 13.5. The molecule has 1 aliphatic rings. The highest BCUT2D eigenvalue weighted by molar-refractivity contribution is 5.93. The third-order valence-electron chi connectivity index (χ3n) is 4.07. The monoisotopic (exact) mass is 331 g/mol. The molecule has 24 heavy (non-hydrogen) atoms. The molecule has 126 valence electrons. The van der Waals surface area contributed by atoms with Crippen molar-refractivity contribution >= 4 is 17.7 Å². The standard InChI is InChI=1S/C17H18FN3O3/c1-11-6-7-15(20(11)2)16(22)21-9-14(10-21)24-17(23)19-13-5-3-4-12(18)8-13/h3-8,14H,9-10H2,1-2H3,(H,19,23). The Labute approximate surface area is 138 Å². The van der Waals surface area contributed by atoms with Crippen LogP contribution in [0.25, 0.3) is 0 Å². The Bertz CT molecular complexity index is 781. The number of carbonyl (C=O) groups excluding carboxylic acids is 2. The highest BCUT2D eigenvalue weighted by Crippen LogP contribution is 2.18. The molecule has 1 N–H and O–H groups in total. The zero-order chi connectivity index (χ0) is 17.3. The summed E-state index contributed by atoms with van der Waals surface area (Å²) >= 11 is 0. The summed E-state index contributed by atoms with van der Waals surface area (Å²) in [4.78, 5) is 25.7. The molecule has 7 heteroatoms. The number of anilines is 1. The van der Waals surface area contributed by atoms with Gasteiger partial charge in [-0.3, -0.25) is 10.1 Å². The number of benzene rings is 1. The molecule has 0 atom stereocenters.